The van der Waals surface area contributed by atoms with E-state index in [9.17, 15) is 20.2 Å². The van der Waals surface area contributed by atoms with Crippen LogP contribution in [0.2, 0.25) is 5.02 Å². The van der Waals surface area contributed by atoms with Gasteiger partial charge < -0.3 is 10.1 Å². The lowest BCUT2D eigenvalue weighted by Gasteiger charge is -2.08. The van der Waals surface area contributed by atoms with Gasteiger partial charge in [0.1, 0.15) is 24.0 Å². The van der Waals surface area contributed by atoms with E-state index in [2.05, 4.69) is 5.32 Å². The molecule has 0 heterocycles. The summed E-state index contributed by atoms with van der Waals surface area (Å²) in [5.74, 6) is 0.0504. The SMILES string of the molecule is Cc1ccc(Cl)cc1NC(=O)/C(C#N)=C/c1ccc(OCc2ccc([N+](=O)[O-])cc2)cc1. The maximum Gasteiger partial charge on any atom is 0.269 e. The van der Waals surface area contributed by atoms with Gasteiger partial charge in [0.15, 0.2) is 0 Å². The van der Waals surface area contributed by atoms with Crippen LogP contribution >= 0.6 is 11.6 Å². The molecule has 0 aliphatic heterocycles. The Balaban J connectivity index is 1.64. The van der Waals surface area contributed by atoms with Gasteiger partial charge in [-0.3, -0.25) is 14.9 Å². The average Bonchev–Trinajstić information content (AvgIpc) is 2.79. The molecule has 0 bridgehead atoms. The van der Waals surface area contributed by atoms with Crippen LogP contribution < -0.4 is 10.1 Å². The topological polar surface area (TPSA) is 105 Å². The number of nitro groups is 1. The number of non-ortho nitro benzene ring substituents is 1. The Morgan fingerprint density at radius 1 is 1.16 bits per heavy atom. The van der Waals surface area contributed by atoms with Gasteiger partial charge >= 0.3 is 0 Å². The lowest BCUT2D eigenvalue weighted by molar-refractivity contribution is -0.384. The molecule has 0 unspecified atom stereocenters. The molecule has 0 fully saturated rings. The molecular formula is C24H18ClN3O4. The van der Waals surface area contributed by atoms with Gasteiger partial charge in [-0.2, -0.15) is 5.26 Å². The zero-order chi connectivity index (χ0) is 23.1. The highest BCUT2D eigenvalue weighted by atomic mass is 35.5. The number of nitrogens with zero attached hydrogens (tertiary/aromatic N) is 2. The minimum atomic E-state index is -0.531. The second-order valence-corrected chi connectivity index (χ2v) is 7.30. The third kappa shape index (κ3) is 5.94. The van der Waals surface area contributed by atoms with Crippen molar-refractivity contribution in [2.75, 3.05) is 5.32 Å². The number of nitro benzene ring substituents is 1. The van der Waals surface area contributed by atoms with Crippen molar-refractivity contribution >= 4 is 35.0 Å². The number of rotatable bonds is 7. The Morgan fingerprint density at radius 3 is 2.47 bits per heavy atom. The number of carbonyl (C=O) groups is 1. The van der Waals surface area contributed by atoms with Gasteiger partial charge in [-0.25, -0.2) is 0 Å². The van der Waals surface area contributed by atoms with E-state index < -0.39 is 10.8 Å². The molecule has 0 atom stereocenters. The molecule has 8 heteroatoms. The predicted octanol–water partition coefficient (Wildman–Crippen LogP) is 5.68. The molecule has 1 amide bonds. The highest BCUT2D eigenvalue weighted by molar-refractivity contribution is 6.31. The standard InChI is InChI=1S/C24H18ClN3O4/c1-16-2-7-20(25)13-23(16)27-24(29)19(14-26)12-17-5-10-22(11-6-17)32-15-18-3-8-21(9-4-18)28(30)31/h2-13H,15H2,1H3,(H,27,29)/b19-12+. The summed E-state index contributed by atoms with van der Waals surface area (Å²) >= 11 is 5.97. The average molecular weight is 448 g/mol. The maximum absolute atomic E-state index is 12.5. The molecule has 0 aromatic heterocycles. The molecule has 0 radical (unpaired) electrons. The molecule has 7 nitrogen and oxygen atoms in total. The van der Waals surface area contributed by atoms with Crippen molar-refractivity contribution in [1.29, 1.82) is 5.26 Å². The van der Waals surface area contributed by atoms with Crippen molar-refractivity contribution in [3.63, 3.8) is 0 Å². The van der Waals surface area contributed by atoms with Gasteiger partial charge in [0.25, 0.3) is 11.6 Å². The summed E-state index contributed by atoms with van der Waals surface area (Å²) in [6, 6.07) is 20.0. The summed E-state index contributed by atoms with van der Waals surface area (Å²) in [6.07, 6.45) is 1.48. The molecule has 160 valence electrons. The van der Waals surface area contributed by atoms with Gasteiger partial charge in [0.05, 0.1) is 4.92 Å². The molecule has 1 N–H and O–H groups in total. The highest BCUT2D eigenvalue weighted by Gasteiger charge is 2.11. The fourth-order valence-corrected chi connectivity index (χ4v) is 2.95. The van der Waals surface area contributed by atoms with E-state index in [-0.39, 0.29) is 17.9 Å². The van der Waals surface area contributed by atoms with Gasteiger partial charge in [-0.05, 0) is 66.1 Å². The first-order valence-electron chi connectivity index (χ1n) is 9.51. The van der Waals surface area contributed by atoms with Crippen LogP contribution in [0, 0.1) is 28.4 Å². The Morgan fingerprint density at radius 2 is 1.84 bits per heavy atom. The number of amides is 1. The van der Waals surface area contributed by atoms with Crippen molar-refractivity contribution in [2.24, 2.45) is 0 Å². The molecule has 3 aromatic rings. The van der Waals surface area contributed by atoms with E-state index in [0.717, 1.165) is 11.1 Å². The third-order valence-electron chi connectivity index (χ3n) is 4.56. The van der Waals surface area contributed by atoms with E-state index in [1.165, 1.54) is 18.2 Å². The largest absolute Gasteiger partial charge is 0.489 e. The van der Waals surface area contributed by atoms with Crippen LogP contribution in [0.5, 0.6) is 5.75 Å². The maximum atomic E-state index is 12.5. The minimum Gasteiger partial charge on any atom is -0.489 e. The monoisotopic (exact) mass is 447 g/mol. The van der Waals surface area contributed by atoms with E-state index in [0.29, 0.717) is 22.0 Å². The second kappa shape index (κ2) is 10.2. The second-order valence-electron chi connectivity index (χ2n) is 6.86. The van der Waals surface area contributed by atoms with Crippen LogP contribution in [0.4, 0.5) is 11.4 Å². The number of ether oxygens (including phenoxy) is 1. The number of anilines is 1. The zero-order valence-electron chi connectivity index (χ0n) is 17.0. The van der Waals surface area contributed by atoms with Crippen LogP contribution in [-0.2, 0) is 11.4 Å². The molecule has 0 saturated heterocycles. The number of nitrogens with one attached hydrogen (secondary N) is 1. The van der Waals surface area contributed by atoms with Crippen LogP contribution in [0.25, 0.3) is 6.08 Å². The van der Waals surface area contributed by atoms with Crippen molar-refractivity contribution < 1.29 is 14.5 Å². The smallest absolute Gasteiger partial charge is 0.269 e. The zero-order valence-corrected chi connectivity index (χ0v) is 17.8. The molecule has 32 heavy (non-hydrogen) atoms. The lowest BCUT2D eigenvalue weighted by Crippen LogP contribution is -2.14. The molecule has 0 spiro atoms. The predicted molar refractivity (Wildman–Crippen MR) is 122 cm³/mol. The molecule has 3 aromatic carbocycles. The number of carbonyl (C=O) groups excluding carboxylic acids is 1. The molecule has 0 saturated carbocycles. The van der Waals surface area contributed by atoms with Gasteiger partial charge in [-0.15, -0.1) is 0 Å². The highest BCUT2D eigenvalue weighted by Crippen LogP contribution is 2.22. The normalized spacial score (nSPS) is 10.8. The lowest BCUT2D eigenvalue weighted by atomic mass is 10.1. The van der Waals surface area contributed by atoms with Crippen LogP contribution in [0.3, 0.4) is 0 Å². The number of hydrogen-bond acceptors (Lipinski definition) is 5. The number of nitriles is 1. The number of halogens is 1. The number of aryl methyl sites for hydroxylation is 1. The molecular weight excluding hydrogens is 430 g/mol. The van der Waals surface area contributed by atoms with Crippen LogP contribution in [-0.4, -0.2) is 10.8 Å². The Kier molecular flexibility index (Phi) is 7.21. The summed E-state index contributed by atoms with van der Waals surface area (Å²) in [7, 11) is 0. The van der Waals surface area contributed by atoms with Gasteiger partial charge in [0.2, 0.25) is 0 Å². The van der Waals surface area contributed by atoms with Gasteiger partial charge in [-0.1, -0.05) is 29.8 Å². The molecule has 0 aliphatic rings. The first-order chi connectivity index (χ1) is 15.4. The van der Waals surface area contributed by atoms with E-state index in [1.54, 1.807) is 54.6 Å². The minimum absolute atomic E-state index is 0.0211. The summed E-state index contributed by atoms with van der Waals surface area (Å²) < 4.78 is 5.68. The van der Waals surface area contributed by atoms with Crippen molar-refractivity contribution in [3.05, 3.63) is 104 Å². The summed E-state index contributed by atoms with van der Waals surface area (Å²) in [4.78, 5) is 22.7. The van der Waals surface area contributed by atoms with Crippen molar-refractivity contribution in [3.8, 4) is 11.8 Å². The first kappa shape index (κ1) is 22.5. The Labute approximate surface area is 189 Å². The van der Waals surface area contributed by atoms with Crippen LogP contribution in [0.15, 0.2) is 72.3 Å². The summed E-state index contributed by atoms with van der Waals surface area (Å²) in [5.41, 5.74) is 2.78. The quantitative estimate of drug-likeness (QED) is 0.217. The Bertz CT molecular complexity index is 1210. The number of benzene rings is 3. The summed E-state index contributed by atoms with van der Waals surface area (Å²) in [5, 5.41) is 23.3. The fourth-order valence-electron chi connectivity index (χ4n) is 2.77. The van der Waals surface area contributed by atoms with Crippen LogP contribution in [0.1, 0.15) is 16.7 Å². The Hall–Kier alpha value is -4.15. The molecule has 3 rings (SSSR count). The number of hydrogen-bond donors (Lipinski definition) is 1. The van der Waals surface area contributed by atoms with E-state index >= 15 is 0 Å². The van der Waals surface area contributed by atoms with Crippen molar-refractivity contribution in [1.82, 2.24) is 0 Å². The van der Waals surface area contributed by atoms with E-state index in [1.807, 2.05) is 13.0 Å². The fraction of sp³-hybridized carbons (Fsp3) is 0.0833. The first-order valence-corrected chi connectivity index (χ1v) is 9.89. The van der Waals surface area contributed by atoms with Gasteiger partial charge in [0, 0.05) is 22.8 Å². The van der Waals surface area contributed by atoms with Crippen molar-refractivity contribution in [2.45, 2.75) is 13.5 Å². The summed E-state index contributed by atoms with van der Waals surface area (Å²) in [6.45, 7) is 2.08. The third-order valence-corrected chi connectivity index (χ3v) is 4.79. The molecule has 0 aliphatic carbocycles. The van der Waals surface area contributed by atoms with E-state index in [4.69, 9.17) is 16.3 Å².